The largest absolute Gasteiger partial charge is 0.356 e. The molecule has 2 heterocycles. The van der Waals surface area contributed by atoms with E-state index in [0.717, 1.165) is 17.9 Å². The summed E-state index contributed by atoms with van der Waals surface area (Å²) in [4.78, 5) is 16.0. The van der Waals surface area contributed by atoms with Crippen LogP contribution in [0.3, 0.4) is 0 Å². The van der Waals surface area contributed by atoms with E-state index in [9.17, 15) is 4.79 Å². The Morgan fingerprint density at radius 1 is 1.40 bits per heavy atom. The van der Waals surface area contributed by atoms with Gasteiger partial charge in [0.25, 0.3) is 0 Å². The number of aromatic nitrogens is 2. The van der Waals surface area contributed by atoms with Crippen LogP contribution in [0.4, 0.5) is 0 Å². The zero-order valence-electron chi connectivity index (χ0n) is 12.1. The summed E-state index contributed by atoms with van der Waals surface area (Å²) in [6.45, 7) is 6.26. The quantitative estimate of drug-likeness (QED) is 0.754. The first-order valence-electron chi connectivity index (χ1n) is 7.05. The molecule has 5 heteroatoms. The Labute approximate surface area is 119 Å². The Kier molecular flexibility index (Phi) is 5.12. The number of nitrogens with one attached hydrogen (secondary N) is 2. The third kappa shape index (κ3) is 4.35. The molecule has 2 N–H and O–H groups in total. The molecule has 0 atom stereocenters. The average molecular weight is 274 g/mol. The SMILES string of the molecule is CC(C)CNC(=O)CCNCc1cn2ccccc2n1. The molecule has 0 saturated heterocycles. The van der Waals surface area contributed by atoms with Gasteiger partial charge in [0, 0.05) is 38.4 Å². The minimum atomic E-state index is 0.0983. The Morgan fingerprint density at radius 2 is 2.25 bits per heavy atom. The second kappa shape index (κ2) is 7.05. The van der Waals surface area contributed by atoms with Crippen molar-refractivity contribution in [2.45, 2.75) is 26.8 Å². The number of carbonyl (C=O) groups is 1. The number of hydrogen-bond acceptors (Lipinski definition) is 3. The minimum Gasteiger partial charge on any atom is -0.356 e. The highest BCUT2D eigenvalue weighted by Crippen LogP contribution is 2.03. The molecule has 2 aromatic rings. The van der Waals surface area contributed by atoms with E-state index in [1.54, 1.807) is 0 Å². The maximum atomic E-state index is 11.5. The predicted octanol–water partition coefficient (Wildman–Crippen LogP) is 1.59. The van der Waals surface area contributed by atoms with Gasteiger partial charge in [-0.15, -0.1) is 0 Å². The number of fused-ring (bicyclic) bond motifs is 1. The fraction of sp³-hybridized carbons (Fsp3) is 0.467. The van der Waals surface area contributed by atoms with Gasteiger partial charge in [0.15, 0.2) is 0 Å². The maximum absolute atomic E-state index is 11.5. The minimum absolute atomic E-state index is 0.0983. The first-order chi connectivity index (χ1) is 9.65. The monoisotopic (exact) mass is 274 g/mol. The molecule has 0 radical (unpaired) electrons. The molecule has 0 bridgehead atoms. The third-order valence-electron chi connectivity index (χ3n) is 2.96. The fourth-order valence-electron chi connectivity index (χ4n) is 1.90. The van der Waals surface area contributed by atoms with E-state index in [4.69, 9.17) is 0 Å². The van der Waals surface area contributed by atoms with Gasteiger partial charge in [0.2, 0.25) is 5.91 Å². The van der Waals surface area contributed by atoms with Crippen molar-refractivity contribution in [2.75, 3.05) is 13.1 Å². The van der Waals surface area contributed by atoms with E-state index in [-0.39, 0.29) is 5.91 Å². The lowest BCUT2D eigenvalue weighted by molar-refractivity contribution is -0.121. The zero-order valence-corrected chi connectivity index (χ0v) is 12.1. The second-order valence-corrected chi connectivity index (χ2v) is 5.32. The van der Waals surface area contributed by atoms with Crippen molar-refractivity contribution in [3.05, 3.63) is 36.3 Å². The summed E-state index contributed by atoms with van der Waals surface area (Å²) < 4.78 is 1.99. The van der Waals surface area contributed by atoms with Gasteiger partial charge in [-0.25, -0.2) is 4.98 Å². The van der Waals surface area contributed by atoms with Crippen LogP contribution in [0.1, 0.15) is 26.0 Å². The molecule has 2 aromatic heterocycles. The number of amides is 1. The summed E-state index contributed by atoms with van der Waals surface area (Å²) in [6.07, 6.45) is 4.48. The van der Waals surface area contributed by atoms with Crippen molar-refractivity contribution in [3.8, 4) is 0 Å². The molecule has 2 rings (SSSR count). The highest BCUT2D eigenvalue weighted by Gasteiger charge is 2.03. The molecule has 5 nitrogen and oxygen atoms in total. The number of nitrogens with zero attached hydrogens (tertiary/aromatic N) is 2. The van der Waals surface area contributed by atoms with E-state index in [1.165, 1.54) is 0 Å². The highest BCUT2D eigenvalue weighted by molar-refractivity contribution is 5.76. The molecule has 0 fully saturated rings. The number of pyridine rings is 1. The molecule has 1 amide bonds. The second-order valence-electron chi connectivity index (χ2n) is 5.32. The van der Waals surface area contributed by atoms with Crippen molar-refractivity contribution in [1.29, 1.82) is 0 Å². The topological polar surface area (TPSA) is 58.4 Å². The highest BCUT2D eigenvalue weighted by atomic mass is 16.1. The molecule has 0 aliphatic carbocycles. The molecular weight excluding hydrogens is 252 g/mol. The van der Waals surface area contributed by atoms with Crippen LogP contribution in [0.2, 0.25) is 0 Å². The van der Waals surface area contributed by atoms with Crippen LogP contribution in [-0.4, -0.2) is 28.4 Å². The lowest BCUT2D eigenvalue weighted by Crippen LogP contribution is -2.30. The molecule has 108 valence electrons. The molecule has 0 aliphatic rings. The van der Waals surface area contributed by atoms with Crippen LogP contribution >= 0.6 is 0 Å². The van der Waals surface area contributed by atoms with Gasteiger partial charge >= 0.3 is 0 Å². The van der Waals surface area contributed by atoms with E-state index in [1.807, 2.05) is 35.0 Å². The normalized spacial score (nSPS) is 11.2. The van der Waals surface area contributed by atoms with Crippen molar-refractivity contribution in [1.82, 2.24) is 20.0 Å². The molecule has 0 saturated carbocycles. The van der Waals surface area contributed by atoms with E-state index in [2.05, 4.69) is 29.5 Å². The number of carbonyl (C=O) groups excluding carboxylic acids is 1. The van der Waals surface area contributed by atoms with Crippen molar-refractivity contribution < 1.29 is 4.79 Å². The number of hydrogen-bond donors (Lipinski definition) is 2. The molecular formula is C15H22N4O. The van der Waals surface area contributed by atoms with Gasteiger partial charge in [-0.3, -0.25) is 4.79 Å². The number of rotatable bonds is 7. The Hall–Kier alpha value is -1.88. The van der Waals surface area contributed by atoms with Gasteiger partial charge in [0.05, 0.1) is 5.69 Å². The van der Waals surface area contributed by atoms with E-state index < -0.39 is 0 Å². The fourth-order valence-corrected chi connectivity index (χ4v) is 1.90. The Bertz CT molecular complexity index is 529. The predicted molar refractivity (Wildman–Crippen MR) is 79.4 cm³/mol. The van der Waals surface area contributed by atoms with Crippen LogP contribution in [-0.2, 0) is 11.3 Å². The van der Waals surface area contributed by atoms with Crippen LogP contribution < -0.4 is 10.6 Å². The zero-order chi connectivity index (χ0) is 14.4. The van der Waals surface area contributed by atoms with Gasteiger partial charge in [-0.2, -0.15) is 0 Å². The molecule has 0 unspecified atom stereocenters. The first-order valence-corrected chi connectivity index (χ1v) is 7.05. The van der Waals surface area contributed by atoms with E-state index in [0.29, 0.717) is 25.4 Å². The average Bonchev–Trinajstić information content (AvgIpc) is 2.84. The first kappa shape index (κ1) is 14.5. The Balaban J connectivity index is 1.69. The smallest absolute Gasteiger partial charge is 0.221 e. The third-order valence-corrected chi connectivity index (χ3v) is 2.96. The lowest BCUT2D eigenvalue weighted by Gasteiger charge is -2.07. The number of imidazole rings is 1. The summed E-state index contributed by atoms with van der Waals surface area (Å²) in [5.74, 6) is 0.589. The van der Waals surface area contributed by atoms with Gasteiger partial charge in [0.1, 0.15) is 5.65 Å². The van der Waals surface area contributed by atoms with E-state index >= 15 is 0 Å². The van der Waals surface area contributed by atoms with Crippen LogP contribution in [0.15, 0.2) is 30.6 Å². The summed E-state index contributed by atoms with van der Waals surface area (Å²) in [5.41, 5.74) is 1.93. The summed E-state index contributed by atoms with van der Waals surface area (Å²) in [6, 6.07) is 5.92. The summed E-state index contributed by atoms with van der Waals surface area (Å²) >= 11 is 0. The summed E-state index contributed by atoms with van der Waals surface area (Å²) in [5, 5.41) is 6.15. The molecule has 0 aliphatic heterocycles. The van der Waals surface area contributed by atoms with Crippen LogP contribution in [0.25, 0.3) is 5.65 Å². The van der Waals surface area contributed by atoms with Crippen molar-refractivity contribution in [2.24, 2.45) is 5.92 Å². The lowest BCUT2D eigenvalue weighted by atomic mass is 10.2. The van der Waals surface area contributed by atoms with Crippen LogP contribution in [0.5, 0.6) is 0 Å². The standard InChI is InChI=1S/C15H22N4O/c1-12(2)9-17-15(20)6-7-16-10-13-11-19-8-4-3-5-14(19)18-13/h3-5,8,11-12,16H,6-7,9-10H2,1-2H3,(H,17,20). The summed E-state index contributed by atoms with van der Waals surface area (Å²) in [7, 11) is 0. The van der Waals surface area contributed by atoms with Crippen LogP contribution in [0, 0.1) is 5.92 Å². The van der Waals surface area contributed by atoms with Gasteiger partial charge in [-0.1, -0.05) is 19.9 Å². The molecule has 20 heavy (non-hydrogen) atoms. The van der Waals surface area contributed by atoms with Gasteiger partial charge in [-0.05, 0) is 18.1 Å². The van der Waals surface area contributed by atoms with Crippen molar-refractivity contribution >= 4 is 11.6 Å². The molecule has 0 aromatic carbocycles. The van der Waals surface area contributed by atoms with Gasteiger partial charge < -0.3 is 15.0 Å². The maximum Gasteiger partial charge on any atom is 0.221 e. The van der Waals surface area contributed by atoms with Crippen molar-refractivity contribution in [3.63, 3.8) is 0 Å². The molecule has 0 spiro atoms. The Morgan fingerprint density at radius 3 is 3.00 bits per heavy atom.